The van der Waals surface area contributed by atoms with Gasteiger partial charge in [0.2, 0.25) is 23.5 Å². The summed E-state index contributed by atoms with van der Waals surface area (Å²) in [6.45, 7) is 8.70. The van der Waals surface area contributed by atoms with E-state index in [4.69, 9.17) is 68.6 Å². The van der Waals surface area contributed by atoms with E-state index in [1.807, 2.05) is 152 Å². The molecule has 14 N–H and O–H groups in total. The lowest BCUT2D eigenvalue weighted by Crippen LogP contribution is -2.39. The fourth-order valence-electron chi connectivity index (χ4n) is 11.6. The summed E-state index contributed by atoms with van der Waals surface area (Å²) >= 11 is 1.59. The molecule has 107 heavy (non-hydrogen) atoms. The molecule has 8 aromatic carbocycles. The van der Waals surface area contributed by atoms with Crippen molar-refractivity contribution >= 4 is 95.7 Å². The SMILES string of the molecule is CC(=N)c1ccc(-c2csc(-c3cc(N)nc4ccccc34)n2)cc1.COc1cc2nc(C)nc(C#Cc3ccc(C4=NCC(C)(C)N4)cc3)c2cc1OC.N=C(ON)c1ccc(-c2nc(-c3cc(N)nc4ccccc34)no2)cc1.N=C(ON)c1ccc(-c2ncc(-c3cc(N)nc4ccccc34)o2)cc1. The zero-order chi connectivity index (χ0) is 74.9. The molecule has 0 saturated heterocycles. The second kappa shape index (κ2) is 31.2. The maximum absolute atomic E-state index is 7.69. The Morgan fingerprint density at radius 1 is 0.533 bits per heavy atom. The van der Waals surface area contributed by atoms with Crippen LogP contribution in [0.4, 0.5) is 17.5 Å². The first-order valence-electron chi connectivity index (χ1n) is 33.2. The average molecular weight is 1440 g/mol. The van der Waals surface area contributed by atoms with Gasteiger partial charge in [0.25, 0.3) is 5.89 Å². The zero-order valence-corrected chi connectivity index (χ0v) is 59.4. The number of aromatic nitrogens is 9. The van der Waals surface area contributed by atoms with Crippen LogP contribution in [0.2, 0.25) is 0 Å². The van der Waals surface area contributed by atoms with E-state index in [0.717, 1.165) is 111 Å². The van der Waals surface area contributed by atoms with Gasteiger partial charge in [0.05, 0.1) is 60.3 Å². The van der Waals surface area contributed by atoms with E-state index < -0.39 is 0 Å². The number of hydrogen-bond donors (Lipinski definition) is 9. The molecule has 1 aliphatic rings. The van der Waals surface area contributed by atoms with Crippen molar-refractivity contribution in [3.63, 3.8) is 0 Å². The molecule has 0 fully saturated rings. The van der Waals surface area contributed by atoms with Gasteiger partial charge in [-0.15, -0.1) is 11.3 Å². The van der Waals surface area contributed by atoms with E-state index in [9.17, 15) is 0 Å². The van der Waals surface area contributed by atoms with Crippen molar-refractivity contribution in [3.8, 4) is 90.8 Å². The molecule has 0 amide bonds. The van der Waals surface area contributed by atoms with Crippen molar-refractivity contribution in [2.45, 2.75) is 33.2 Å². The third-order valence-corrected chi connectivity index (χ3v) is 17.8. The zero-order valence-electron chi connectivity index (χ0n) is 58.6. The first-order valence-corrected chi connectivity index (χ1v) is 34.0. The lowest BCUT2D eigenvalue weighted by atomic mass is 10.1. The molecule has 0 aliphatic carbocycles. The number of nitrogens with zero attached hydrogens (tertiary/aromatic N) is 10. The Labute approximate surface area is 617 Å². The molecule has 0 atom stereocenters. The van der Waals surface area contributed by atoms with Crippen LogP contribution >= 0.6 is 11.3 Å². The largest absolute Gasteiger partial charge is 0.493 e. The number of methoxy groups -OCH3 is 2. The van der Waals surface area contributed by atoms with Gasteiger partial charge in [-0.05, 0) is 142 Å². The number of aliphatic imine (C=N–C) groups is 1. The fourth-order valence-corrected chi connectivity index (χ4v) is 12.4. The minimum Gasteiger partial charge on any atom is -0.493 e. The van der Waals surface area contributed by atoms with Crippen LogP contribution in [0, 0.1) is 35.0 Å². The number of rotatable bonds is 12. The average Bonchev–Trinajstić information content (AvgIpc) is 1.69. The van der Waals surface area contributed by atoms with Crippen molar-refractivity contribution < 1.29 is 28.1 Å². The monoisotopic (exact) mass is 1440 g/mol. The van der Waals surface area contributed by atoms with Crippen LogP contribution in [0.25, 0.3) is 111 Å². The summed E-state index contributed by atoms with van der Waals surface area (Å²) in [6.07, 6.45) is 1.66. The van der Waals surface area contributed by atoms with Crippen LogP contribution in [0.15, 0.2) is 226 Å². The predicted octanol–water partition coefficient (Wildman–Crippen LogP) is 14.6. The van der Waals surface area contributed by atoms with E-state index in [1.54, 1.807) is 99.3 Å². The summed E-state index contributed by atoms with van der Waals surface area (Å²) in [7, 11) is 3.21. The number of oxazole rings is 1. The van der Waals surface area contributed by atoms with E-state index >= 15 is 0 Å². The van der Waals surface area contributed by atoms with Crippen LogP contribution in [0.3, 0.4) is 0 Å². The number of fused-ring (bicyclic) bond motifs is 4. The fraction of sp³-hybridized carbons (Fsp3) is 0.0988. The highest BCUT2D eigenvalue weighted by Crippen LogP contribution is 2.37. The Kier molecular flexibility index (Phi) is 20.8. The number of amidine groups is 1. The molecule has 0 radical (unpaired) electrons. The van der Waals surface area contributed by atoms with Gasteiger partial charge in [-0.1, -0.05) is 102 Å². The number of pyridine rings is 3. The van der Waals surface area contributed by atoms with Crippen LogP contribution < -0.4 is 43.8 Å². The summed E-state index contributed by atoms with van der Waals surface area (Å²) in [5, 5.41) is 37.0. The number of nitrogens with two attached hydrogens (primary N) is 5. The number of anilines is 3. The number of aryl methyl sites for hydroxylation is 1. The topological polar surface area (TPSA) is 405 Å². The standard InChI is InChI=1S/C24H24N4O2.C20H16N4S.C19H15N5O2.C18H14N6O2/c1-15-26-19(18-12-21(29-4)22(30-5)13-20(18)27-15)11-8-16-6-9-17(10-7-16)23-25-14-24(2,3)28-23;1-12(21)13-6-8-14(9-7-13)18-11-25-20(24-18)16-10-19(22)23-17-5-3-2-4-15(16)17;20-17-9-14(13-3-1-2-4-15(13)24-17)16-10-23-19(25-16)12-7-5-11(6-8-12)18(21)26-22;19-15-9-13(12-3-1-2-4-14(12)22-15)17-23-18(26-24-17)11-7-5-10(6-8-11)16(20)25-21/h6-7,9-10,12-13H,14H2,1-5H3,(H,25,28);2-11,21H,1H3,(H2,22,23);1-10,21H,22H2,(H2,20,24);1-9,20H,21H2,(H2,19,22). The van der Waals surface area contributed by atoms with Crippen molar-refractivity contribution in [1.82, 2.24) is 50.3 Å². The van der Waals surface area contributed by atoms with Crippen LogP contribution in [0.1, 0.15) is 60.1 Å². The highest BCUT2D eigenvalue weighted by molar-refractivity contribution is 7.13. The van der Waals surface area contributed by atoms with Gasteiger partial charge >= 0.3 is 0 Å². The molecule has 0 saturated carbocycles. The molecule has 530 valence electrons. The Balaban J connectivity index is 0.000000126. The summed E-state index contributed by atoms with van der Waals surface area (Å²) in [4.78, 5) is 49.1. The summed E-state index contributed by atoms with van der Waals surface area (Å²) < 4.78 is 22.1. The summed E-state index contributed by atoms with van der Waals surface area (Å²) in [5.41, 5.74) is 32.3. The second-order valence-corrected chi connectivity index (χ2v) is 25.8. The lowest BCUT2D eigenvalue weighted by molar-refractivity contribution is 0.319. The highest BCUT2D eigenvalue weighted by atomic mass is 32.1. The number of nitrogen functional groups attached to an aromatic ring is 3. The molecular formula is C81H69N19O6S. The van der Waals surface area contributed by atoms with Crippen molar-refractivity contribution in [3.05, 3.63) is 251 Å². The van der Waals surface area contributed by atoms with Gasteiger partial charge in [0.15, 0.2) is 17.3 Å². The van der Waals surface area contributed by atoms with Gasteiger partial charge in [0.1, 0.15) is 39.8 Å². The highest BCUT2D eigenvalue weighted by Gasteiger charge is 2.26. The number of ether oxygens (including phenoxy) is 2. The Bertz CT molecular complexity index is 5770. The predicted molar refractivity (Wildman–Crippen MR) is 420 cm³/mol. The molecular weight excluding hydrogens is 1370 g/mol. The number of nitrogens with one attached hydrogen (secondary N) is 4. The maximum Gasteiger partial charge on any atom is 0.258 e. The van der Waals surface area contributed by atoms with Crippen molar-refractivity contribution in [1.29, 1.82) is 16.2 Å². The lowest BCUT2D eigenvalue weighted by Gasteiger charge is -2.18. The molecule has 1 aliphatic heterocycles. The molecule has 0 spiro atoms. The molecule has 15 aromatic rings. The van der Waals surface area contributed by atoms with Crippen LogP contribution in [-0.4, -0.2) is 94.7 Å². The summed E-state index contributed by atoms with van der Waals surface area (Å²) in [6, 6.07) is 62.3. The van der Waals surface area contributed by atoms with Gasteiger partial charge in [-0.2, -0.15) is 16.8 Å². The third kappa shape index (κ3) is 16.2. The number of thiazole rings is 1. The van der Waals surface area contributed by atoms with Crippen LogP contribution in [-0.2, 0) is 9.68 Å². The van der Waals surface area contributed by atoms with Gasteiger partial charge in [-0.3, -0.25) is 15.8 Å². The first-order chi connectivity index (χ1) is 51.8. The Morgan fingerprint density at radius 3 is 1.61 bits per heavy atom. The van der Waals surface area contributed by atoms with E-state index in [1.165, 1.54) is 0 Å². The van der Waals surface area contributed by atoms with E-state index in [0.29, 0.717) is 86.2 Å². The molecule has 16 rings (SSSR count). The van der Waals surface area contributed by atoms with Gasteiger partial charge < -0.3 is 56.0 Å². The van der Waals surface area contributed by atoms with E-state index in [2.05, 4.69) is 85.7 Å². The minimum absolute atomic E-state index is 0.00345. The minimum atomic E-state index is -0.124. The van der Waals surface area contributed by atoms with Crippen LogP contribution in [0.5, 0.6) is 11.5 Å². The van der Waals surface area contributed by atoms with Crippen molar-refractivity contribution in [2.24, 2.45) is 16.8 Å². The summed E-state index contributed by atoms with van der Waals surface area (Å²) in [5.74, 6) is 22.2. The molecule has 25 nitrogen and oxygen atoms in total. The quantitative estimate of drug-likeness (QED) is 0.0237. The molecule has 0 bridgehead atoms. The third-order valence-electron chi connectivity index (χ3n) is 16.9. The maximum atomic E-state index is 7.69. The van der Waals surface area contributed by atoms with Crippen molar-refractivity contribution in [2.75, 3.05) is 38.0 Å². The van der Waals surface area contributed by atoms with Gasteiger partial charge in [-0.25, -0.2) is 34.9 Å². The molecule has 8 heterocycles. The molecule has 26 heteroatoms. The second-order valence-electron chi connectivity index (χ2n) is 24.9. The van der Waals surface area contributed by atoms with Gasteiger partial charge in [0, 0.05) is 94.3 Å². The number of benzene rings is 8. The number of para-hydroxylation sites is 3. The van der Waals surface area contributed by atoms with E-state index in [-0.39, 0.29) is 17.3 Å². The number of hydrogen-bond acceptors (Lipinski definition) is 26. The first kappa shape index (κ1) is 71.3. The molecule has 7 aromatic heterocycles. The Hall–Kier alpha value is -14.1. The Morgan fingerprint density at radius 2 is 1.05 bits per heavy atom. The smallest absolute Gasteiger partial charge is 0.258 e. The molecule has 0 unspecified atom stereocenters. The normalized spacial score (nSPS) is 11.9.